The topological polar surface area (TPSA) is 109 Å². The third kappa shape index (κ3) is 8.25. The predicted molar refractivity (Wildman–Crippen MR) is 126 cm³/mol. The molecule has 2 heterocycles. The van der Waals surface area contributed by atoms with Gasteiger partial charge in [0.1, 0.15) is 5.82 Å². The molecule has 0 aliphatic rings. The molecule has 12 heteroatoms. The highest BCUT2D eigenvalue weighted by Crippen LogP contribution is 2.15. The van der Waals surface area contributed by atoms with Gasteiger partial charge in [-0.15, -0.1) is 0 Å². The molecule has 8 nitrogen and oxygen atoms in total. The van der Waals surface area contributed by atoms with E-state index in [0.29, 0.717) is 18.7 Å². The fourth-order valence-corrected chi connectivity index (χ4v) is 3.08. The number of carbonyl (C=O) groups excluding carboxylic acids is 1. The van der Waals surface area contributed by atoms with E-state index in [9.17, 15) is 22.4 Å². The summed E-state index contributed by atoms with van der Waals surface area (Å²) in [5.74, 6) is -3.21. The Morgan fingerprint density at radius 3 is 2.24 bits per heavy atom. The second-order valence-electron chi connectivity index (χ2n) is 7.51. The van der Waals surface area contributed by atoms with E-state index in [1.807, 2.05) is 30.3 Å². The molecule has 2 aromatic heterocycles. The number of hydrogen-bond acceptors (Lipinski definition) is 5. The van der Waals surface area contributed by atoms with Crippen LogP contribution in [0.5, 0.6) is 0 Å². The Balaban J connectivity index is 0.000000479. The van der Waals surface area contributed by atoms with Crippen molar-refractivity contribution in [2.45, 2.75) is 19.3 Å². The summed E-state index contributed by atoms with van der Waals surface area (Å²) in [6.45, 7) is 1.21. The highest BCUT2D eigenvalue weighted by molar-refractivity contribution is 6.04. The summed E-state index contributed by atoms with van der Waals surface area (Å²) in [7, 11) is 0. The van der Waals surface area contributed by atoms with Gasteiger partial charge >= 0.3 is 12.1 Å². The second-order valence-corrected chi connectivity index (χ2v) is 7.51. The van der Waals surface area contributed by atoms with Crippen LogP contribution in [-0.2, 0) is 17.9 Å². The monoisotopic (exact) mass is 515 g/mol. The van der Waals surface area contributed by atoms with Gasteiger partial charge in [-0.2, -0.15) is 18.3 Å². The van der Waals surface area contributed by atoms with Crippen molar-refractivity contribution in [1.82, 2.24) is 20.1 Å². The maximum atomic E-state index is 13.2. The minimum atomic E-state index is -5.08. The highest BCUT2D eigenvalue weighted by atomic mass is 19.4. The molecule has 0 unspecified atom stereocenters. The van der Waals surface area contributed by atoms with Gasteiger partial charge in [-0.1, -0.05) is 12.1 Å². The van der Waals surface area contributed by atoms with Crippen LogP contribution >= 0.6 is 0 Å². The number of halogens is 4. The number of nitrogens with zero attached hydrogens (tertiary/aromatic N) is 3. The molecule has 0 radical (unpaired) electrons. The van der Waals surface area contributed by atoms with Crippen molar-refractivity contribution >= 4 is 17.6 Å². The number of carboxylic acid groups (broad SMARTS) is 1. The Kier molecular flexibility index (Phi) is 9.05. The van der Waals surface area contributed by atoms with Crippen molar-refractivity contribution in [2.24, 2.45) is 0 Å². The number of alkyl halides is 3. The summed E-state index contributed by atoms with van der Waals surface area (Å²) in [5, 5.41) is 17.7. The van der Waals surface area contributed by atoms with Gasteiger partial charge in [0.05, 0.1) is 11.4 Å². The number of carbonyl (C=O) groups is 2. The summed E-state index contributed by atoms with van der Waals surface area (Å²) in [5.41, 5.74) is 4.09. The Morgan fingerprint density at radius 1 is 0.919 bits per heavy atom. The SMILES string of the molecule is O=C(Nc1cccc(CNCc2ccnn2-c2ccc(F)cc2)c1)c1ccncc1.O=C(O)C(F)(F)F. The van der Waals surface area contributed by atoms with E-state index in [-0.39, 0.29) is 11.7 Å². The van der Waals surface area contributed by atoms with Gasteiger partial charge in [-0.3, -0.25) is 9.78 Å². The number of rotatable bonds is 7. The standard InChI is InChI=1S/C23H20FN5O.C2HF3O2/c24-19-4-6-21(7-5-19)29-22(10-13-27-29)16-26-15-17-2-1-3-20(14-17)28-23(30)18-8-11-25-12-9-18;3-2(4,5)1(6)7/h1-14,26H,15-16H2,(H,28,30);(H,6,7). The number of carboxylic acids is 1. The first-order valence-corrected chi connectivity index (χ1v) is 10.7. The minimum Gasteiger partial charge on any atom is -0.475 e. The van der Waals surface area contributed by atoms with E-state index in [4.69, 9.17) is 9.90 Å². The molecule has 0 spiro atoms. The fraction of sp³-hybridized carbons (Fsp3) is 0.120. The molecule has 0 saturated heterocycles. The lowest BCUT2D eigenvalue weighted by Crippen LogP contribution is -2.21. The molecule has 1 amide bonds. The quantitative estimate of drug-likeness (QED) is 0.311. The van der Waals surface area contributed by atoms with E-state index in [1.165, 1.54) is 12.1 Å². The number of nitrogens with one attached hydrogen (secondary N) is 2. The Labute approximate surface area is 208 Å². The van der Waals surface area contributed by atoms with Crippen LogP contribution in [0.15, 0.2) is 85.3 Å². The average Bonchev–Trinajstić information content (AvgIpc) is 3.33. The molecule has 0 bridgehead atoms. The molecular formula is C25H21F4N5O3. The van der Waals surface area contributed by atoms with Crippen molar-refractivity contribution in [1.29, 1.82) is 0 Å². The zero-order chi connectivity index (χ0) is 26.8. The second kappa shape index (κ2) is 12.4. The Morgan fingerprint density at radius 2 is 1.59 bits per heavy atom. The van der Waals surface area contributed by atoms with Crippen LogP contribution in [0.3, 0.4) is 0 Å². The van der Waals surface area contributed by atoms with Gasteiger partial charge < -0.3 is 15.7 Å². The molecule has 0 atom stereocenters. The third-order valence-electron chi connectivity index (χ3n) is 4.80. The lowest BCUT2D eigenvalue weighted by Gasteiger charge is -2.10. The molecule has 192 valence electrons. The summed E-state index contributed by atoms with van der Waals surface area (Å²) >= 11 is 0. The normalized spacial score (nSPS) is 10.8. The summed E-state index contributed by atoms with van der Waals surface area (Å²) in [6.07, 6.45) is -0.187. The third-order valence-corrected chi connectivity index (χ3v) is 4.80. The Bertz CT molecular complexity index is 1330. The van der Waals surface area contributed by atoms with Gasteiger partial charge in [0.15, 0.2) is 0 Å². The van der Waals surface area contributed by atoms with Gasteiger partial charge in [0, 0.05) is 42.9 Å². The van der Waals surface area contributed by atoms with Crippen LogP contribution in [0.25, 0.3) is 5.69 Å². The molecule has 0 saturated carbocycles. The van der Waals surface area contributed by atoms with Crippen molar-refractivity contribution in [3.05, 3.63) is 108 Å². The van der Waals surface area contributed by atoms with Crippen LogP contribution < -0.4 is 10.6 Å². The van der Waals surface area contributed by atoms with E-state index in [1.54, 1.807) is 47.5 Å². The number of anilines is 1. The summed E-state index contributed by atoms with van der Waals surface area (Å²) in [4.78, 5) is 25.1. The lowest BCUT2D eigenvalue weighted by molar-refractivity contribution is -0.192. The van der Waals surface area contributed by atoms with E-state index in [2.05, 4.69) is 20.7 Å². The first-order valence-electron chi connectivity index (χ1n) is 10.7. The zero-order valence-electron chi connectivity index (χ0n) is 19.1. The fourth-order valence-electron chi connectivity index (χ4n) is 3.08. The van der Waals surface area contributed by atoms with Crippen molar-refractivity contribution in [3.8, 4) is 5.69 Å². The minimum absolute atomic E-state index is 0.175. The number of pyridine rings is 1. The van der Waals surface area contributed by atoms with Crippen LogP contribution in [0.4, 0.5) is 23.2 Å². The van der Waals surface area contributed by atoms with E-state index in [0.717, 1.165) is 22.6 Å². The van der Waals surface area contributed by atoms with Gasteiger partial charge in [-0.05, 0) is 60.2 Å². The van der Waals surface area contributed by atoms with Crippen molar-refractivity contribution < 1.29 is 32.3 Å². The molecular weight excluding hydrogens is 494 g/mol. The molecule has 4 rings (SSSR count). The molecule has 4 aromatic rings. The molecule has 37 heavy (non-hydrogen) atoms. The van der Waals surface area contributed by atoms with Gasteiger partial charge in [-0.25, -0.2) is 13.9 Å². The zero-order valence-corrected chi connectivity index (χ0v) is 19.1. The van der Waals surface area contributed by atoms with Crippen LogP contribution in [-0.4, -0.2) is 37.9 Å². The molecule has 0 aliphatic carbocycles. The highest BCUT2D eigenvalue weighted by Gasteiger charge is 2.38. The number of benzene rings is 2. The Hall–Kier alpha value is -4.58. The summed E-state index contributed by atoms with van der Waals surface area (Å²) < 4.78 is 46.7. The molecule has 2 aromatic carbocycles. The number of aliphatic carboxylic acids is 1. The number of amides is 1. The molecule has 0 aliphatic heterocycles. The van der Waals surface area contributed by atoms with E-state index >= 15 is 0 Å². The predicted octanol–water partition coefficient (Wildman–Crippen LogP) is 4.58. The first-order chi connectivity index (χ1) is 17.6. The van der Waals surface area contributed by atoms with Gasteiger partial charge in [0.2, 0.25) is 0 Å². The molecule has 3 N–H and O–H groups in total. The van der Waals surface area contributed by atoms with Crippen LogP contribution in [0.1, 0.15) is 21.6 Å². The van der Waals surface area contributed by atoms with Crippen molar-refractivity contribution in [2.75, 3.05) is 5.32 Å². The van der Waals surface area contributed by atoms with Gasteiger partial charge in [0.25, 0.3) is 5.91 Å². The maximum Gasteiger partial charge on any atom is 0.490 e. The largest absolute Gasteiger partial charge is 0.490 e. The first kappa shape index (κ1) is 27.0. The number of hydrogen-bond donors (Lipinski definition) is 3. The average molecular weight is 515 g/mol. The lowest BCUT2D eigenvalue weighted by atomic mass is 10.2. The summed E-state index contributed by atoms with van der Waals surface area (Å²) in [6, 6.07) is 19.2. The smallest absolute Gasteiger partial charge is 0.475 e. The van der Waals surface area contributed by atoms with Crippen molar-refractivity contribution in [3.63, 3.8) is 0 Å². The number of aromatic nitrogens is 3. The maximum absolute atomic E-state index is 13.2. The van der Waals surface area contributed by atoms with Crippen LogP contribution in [0.2, 0.25) is 0 Å². The van der Waals surface area contributed by atoms with Crippen LogP contribution in [0, 0.1) is 5.82 Å². The molecule has 0 fully saturated rings. The van der Waals surface area contributed by atoms with E-state index < -0.39 is 12.1 Å².